The van der Waals surface area contributed by atoms with Crippen LogP contribution >= 0.6 is 11.9 Å². The zero-order valence-electron chi connectivity index (χ0n) is 9.96. The largest absolute Gasteiger partial charge is 0.467 e. The number of hydrogen-bond acceptors (Lipinski definition) is 4. The van der Waals surface area contributed by atoms with Crippen LogP contribution in [0.3, 0.4) is 0 Å². The van der Waals surface area contributed by atoms with Crippen LogP contribution < -0.4 is 4.72 Å². The van der Waals surface area contributed by atoms with E-state index in [1.807, 2.05) is 0 Å². The molecule has 1 N–H and O–H groups in total. The maximum atomic E-state index is 9.96. The number of carbonyl (C=O) groups excluding carboxylic acids is 1. The van der Waals surface area contributed by atoms with Gasteiger partial charge in [-0.2, -0.15) is 0 Å². The van der Waals surface area contributed by atoms with E-state index in [4.69, 9.17) is 0 Å². The molecule has 0 fully saturated rings. The van der Waals surface area contributed by atoms with E-state index in [1.54, 1.807) is 11.9 Å². The smallest absolute Gasteiger partial charge is 0.293 e. The molecular formula is C14H15NO2S. The van der Waals surface area contributed by atoms with Gasteiger partial charge in [-0.1, -0.05) is 30.4 Å². The van der Waals surface area contributed by atoms with E-state index < -0.39 is 0 Å². The lowest BCUT2D eigenvalue weighted by molar-refractivity contribution is -0.128. The van der Waals surface area contributed by atoms with Crippen LogP contribution in [0, 0.1) is 0 Å². The maximum absolute atomic E-state index is 9.96. The minimum Gasteiger partial charge on any atom is -0.467 e. The molecule has 0 aliphatic heterocycles. The Balaban J connectivity index is 1.92. The Bertz CT molecular complexity index is 469. The lowest BCUT2D eigenvalue weighted by Crippen LogP contribution is -2.11. The zero-order chi connectivity index (χ0) is 12.6. The van der Waals surface area contributed by atoms with Crippen LogP contribution in [0.25, 0.3) is 12.2 Å². The summed E-state index contributed by atoms with van der Waals surface area (Å²) in [4.78, 5) is 11.1. The minimum absolute atomic E-state index is 0.393. The molecule has 0 heterocycles. The number of nitrogens with one attached hydrogen (secondary N) is 1. The molecule has 0 atom stereocenters. The summed E-state index contributed by atoms with van der Waals surface area (Å²) < 4.78 is 7.75. The highest BCUT2D eigenvalue weighted by Crippen LogP contribution is 2.23. The predicted molar refractivity (Wildman–Crippen MR) is 75.0 cm³/mol. The molecule has 0 amide bonds. The highest BCUT2D eigenvalue weighted by Gasteiger charge is 2.01. The first-order valence-electron chi connectivity index (χ1n) is 5.82. The van der Waals surface area contributed by atoms with Gasteiger partial charge in [0.25, 0.3) is 6.47 Å². The lowest BCUT2D eigenvalue weighted by Gasteiger charge is -2.06. The second-order valence-corrected chi connectivity index (χ2v) is 4.76. The quantitative estimate of drug-likeness (QED) is 0.485. The molecule has 18 heavy (non-hydrogen) atoms. The fourth-order valence-electron chi connectivity index (χ4n) is 1.66. The van der Waals surface area contributed by atoms with E-state index in [9.17, 15) is 4.79 Å². The molecule has 2 rings (SSSR count). The van der Waals surface area contributed by atoms with Crippen LogP contribution in [0.2, 0.25) is 0 Å². The van der Waals surface area contributed by atoms with Crippen molar-refractivity contribution in [1.29, 1.82) is 0 Å². The first-order chi connectivity index (χ1) is 8.90. The normalized spacial score (nSPS) is 12.9. The third kappa shape index (κ3) is 3.75. The Labute approximate surface area is 111 Å². The van der Waals surface area contributed by atoms with Crippen molar-refractivity contribution in [3.8, 4) is 0 Å². The average Bonchev–Trinajstić information content (AvgIpc) is 2.63. The molecule has 0 saturated heterocycles. The summed E-state index contributed by atoms with van der Waals surface area (Å²) in [6, 6.07) is 6.35. The first kappa shape index (κ1) is 12.9. The van der Waals surface area contributed by atoms with Crippen molar-refractivity contribution < 1.29 is 9.53 Å². The Morgan fingerprint density at radius 2 is 2.11 bits per heavy atom. The Kier molecular flexibility index (Phi) is 5.05. The van der Waals surface area contributed by atoms with E-state index in [0.29, 0.717) is 19.6 Å². The molecule has 4 heteroatoms. The van der Waals surface area contributed by atoms with Crippen molar-refractivity contribution >= 4 is 30.6 Å². The van der Waals surface area contributed by atoms with E-state index in [-0.39, 0.29) is 0 Å². The number of ether oxygens (including phenoxy) is 1. The van der Waals surface area contributed by atoms with Gasteiger partial charge in [0.1, 0.15) is 6.61 Å². The first-order valence-corrected chi connectivity index (χ1v) is 6.64. The molecule has 0 aromatic heterocycles. The molecule has 1 aromatic rings. The second kappa shape index (κ2) is 7.03. The number of carbonyl (C=O) groups is 1. The van der Waals surface area contributed by atoms with Gasteiger partial charge in [0.2, 0.25) is 0 Å². The molecule has 1 aromatic carbocycles. The SMILES string of the molecule is O=COCCNSc1ccc2c(c1)C=CCC=C2. The summed E-state index contributed by atoms with van der Waals surface area (Å²) in [6.07, 6.45) is 9.59. The number of benzene rings is 1. The molecule has 3 nitrogen and oxygen atoms in total. The van der Waals surface area contributed by atoms with Crippen LogP contribution in [-0.4, -0.2) is 19.6 Å². The summed E-state index contributed by atoms with van der Waals surface area (Å²) in [7, 11) is 0. The van der Waals surface area contributed by atoms with Gasteiger partial charge >= 0.3 is 0 Å². The lowest BCUT2D eigenvalue weighted by atomic mass is 10.1. The third-order valence-corrected chi connectivity index (χ3v) is 3.34. The number of hydrogen-bond donors (Lipinski definition) is 1. The van der Waals surface area contributed by atoms with Crippen molar-refractivity contribution in [1.82, 2.24) is 4.72 Å². The summed E-state index contributed by atoms with van der Waals surface area (Å²) in [6.45, 7) is 1.49. The molecule has 94 valence electrons. The van der Waals surface area contributed by atoms with Crippen molar-refractivity contribution in [3.05, 3.63) is 41.5 Å². The van der Waals surface area contributed by atoms with Gasteiger partial charge in [-0.3, -0.25) is 9.52 Å². The van der Waals surface area contributed by atoms with Gasteiger partial charge < -0.3 is 4.74 Å². The van der Waals surface area contributed by atoms with E-state index in [0.717, 1.165) is 11.3 Å². The molecule has 0 bridgehead atoms. The maximum Gasteiger partial charge on any atom is 0.293 e. The molecule has 0 saturated carbocycles. The Morgan fingerprint density at radius 3 is 2.94 bits per heavy atom. The van der Waals surface area contributed by atoms with Crippen LogP contribution in [0.4, 0.5) is 0 Å². The van der Waals surface area contributed by atoms with Crippen molar-refractivity contribution in [2.75, 3.05) is 13.2 Å². The van der Waals surface area contributed by atoms with Crippen LogP contribution in [0.5, 0.6) is 0 Å². The van der Waals surface area contributed by atoms with Gasteiger partial charge in [0.15, 0.2) is 0 Å². The molecule has 1 aliphatic rings. The number of fused-ring (bicyclic) bond motifs is 1. The topological polar surface area (TPSA) is 38.3 Å². The molecule has 1 aliphatic carbocycles. The average molecular weight is 261 g/mol. The molecule has 0 radical (unpaired) electrons. The number of allylic oxidation sites excluding steroid dienone is 2. The van der Waals surface area contributed by atoms with Gasteiger partial charge in [0, 0.05) is 11.4 Å². The van der Waals surface area contributed by atoms with E-state index >= 15 is 0 Å². The van der Waals surface area contributed by atoms with E-state index in [2.05, 4.69) is 52.0 Å². The predicted octanol–water partition coefficient (Wildman–Crippen LogP) is 2.89. The van der Waals surface area contributed by atoms with Gasteiger partial charge in [-0.15, -0.1) is 0 Å². The van der Waals surface area contributed by atoms with Gasteiger partial charge in [-0.25, -0.2) is 0 Å². The van der Waals surface area contributed by atoms with E-state index in [1.165, 1.54) is 11.1 Å². The Morgan fingerprint density at radius 1 is 1.28 bits per heavy atom. The summed E-state index contributed by atoms with van der Waals surface area (Å²) in [5, 5.41) is 0. The standard InChI is InChI=1S/C14H15NO2S/c16-11-17-9-8-15-18-14-7-6-12-4-2-1-3-5-13(12)10-14/h2-7,10-11,15H,1,8-9H2. The monoisotopic (exact) mass is 261 g/mol. The second-order valence-electron chi connectivity index (χ2n) is 3.79. The van der Waals surface area contributed by atoms with Crippen molar-refractivity contribution in [2.24, 2.45) is 0 Å². The fraction of sp³-hybridized carbons (Fsp3) is 0.214. The summed E-state index contributed by atoms with van der Waals surface area (Å²) in [5.74, 6) is 0. The highest BCUT2D eigenvalue weighted by molar-refractivity contribution is 7.97. The molecule has 0 unspecified atom stereocenters. The fourth-order valence-corrected chi connectivity index (χ4v) is 2.34. The van der Waals surface area contributed by atoms with Crippen molar-refractivity contribution in [3.63, 3.8) is 0 Å². The van der Waals surface area contributed by atoms with Crippen LogP contribution in [0.15, 0.2) is 35.2 Å². The van der Waals surface area contributed by atoms with Crippen LogP contribution in [-0.2, 0) is 9.53 Å². The van der Waals surface area contributed by atoms with Gasteiger partial charge in [-0.05, 0) is 41.6 Å². The Hall–Kier alpha value is -1.52. The molecule has 0 spiro atoms. The highest BCUT2D eigenvalue weighted by atomic mass is 32.2. The minimum atomic E-state index is 0.393. The summed E-state index contributed by atoms with van der Waals surface area (Å²) in [5.41, 5.74) is 2.48. The van der Waals surface area contributed by atoms with Crippen LogP contribution in [0.1, 0.15) is 17.5 Å². The third-order valence-electron chi connectivity index (χ3n) is 2.51. The van der Waals surface area contributed by atoms with Crippen molar-refractivity contribution in [2.45, 2.75) is 11.3 Å². The number of rotatable bonds is 6. The molecular weight excluding hydrogens is 246 g/mol. The van der Waals surface area contributed by atoms with Gasteiger partial charge in [0.05, 0.1) is 0 Å². The summed E-state index contributed by atoms with van der Waals surface area (Å²) >= 11 is 1.55. The zero-order valence-corrected chi connectivity index (χ0v) is 10.8.